The van der Waals surface area contributed by atoms with Crippen molar-refractivity contribution in [1.82, 2.24) is 5.01 Å². The number of rotatable bonds is 9. The Morgan fingerprint density at radius 2 is 1.94 bits per heavy atom. The number of ether oxygens (including phenoxy) is 2. The predicted octanol–water partition coefficient (Wildman–Crippen LogP) is 4.44. The third-order valence-electron chi connectivity index (χ3n) is 6.54. The maximum atomic E-state index is 12.9. The Balaban J connectivity index is 1.31. The number of hydrogen-bond donors (Lipinski definition) is 1. The van der Waals surface area contributed by atoms with E-state index in [9.17, 15) is 9.59 Å². The minimum Gasteiger partial charge on any atom is -0.466 e. The molecule has 4 rings (SSSR count). The van der Waals surface area contributed by atoms with Crippen LogP contribution in [-0.2, 0) is 27.1 Å². The Bertz CT molecular complexity index is 1030. The molecule has 0 saturated carbocycles. The summed E-state index contributed by atoms with van der Waals surface area (Å²) < 4.78 is 10.7. The van der Waals surface area contributed by atoms with Gasteiger partial charge in [0.05, 0.1) is 39.1 Å². The van der Waals surface area contributed by atoms with Gasteiger partial charge in [0, 0.05) is 17.7 Å². The van der Waals surface area contributed by atoms with Crippen LogP contribution in [0, 0.1) is 5.92 Å². The molecule has 7 heteroatoms. The number of anilines is 1. The van der Waals surface area contributed by atoms with Gasteiger partial charge in [0.15, 0.2) is 0 Å². The van der Waals surface area contributed by atoms with Crippen molar-refractivity contribution in [3.05, 3.63) is 64.7 Å². The minimum absolute atomic E-state index is 0.112. The average Bonchev–Trinajstić information content (AvgIpc) is 2.88. The van der Waals surface area contributed by atoms with Crippen molar-refractivity contribution < 1.29 is 19.1 Å². The second kappa shape index (κ2) is 12.5. The van der Waals surface area contributed by atoms with Gasteiger partial charge in [0.25, 0.3) is 5.91 Å². The summed E-state index contributed by atoms with van der Waals surface area (Å²) >= 11 is 0. The summed E-state index contributed by atoms with van der Waals surface area (Å²) in [5.41, 5.74) is 4.77. The zero-order valence-corrected chi connectivity index (χ0v) is 20.5. The fourth-order valence-corrected chi connectivity index (χ4v) is 4.45. The highest BCUT2D eigenvalue weighted by Gasteiger charge is 2.23. The normalized spacial score (nSPS) is 17.7. The highest BCUT2D eigenvalue weighted by molar-refractivity contribution is 6.04. The molecule has 1 fully saturated rings. The van der Waals surface area contributed by atoms with Crippen LogP contribution in [0.4, 0.5) is 5.69 Å². The quantitative estimate of drug-likeness (QED) is 0.328. The van der Waals surface area contributed by atoms with E-state index in [1.54, 1.807) is 0 Å². The lowest BCUT2D eigenvalue weighted by Crippen LogP contribution is -2.32. The molecule has 2 aromatic rings. The first-order valence-electron chi connectivity index (χ1n) is 12.7. The largest absolute Gasteiger partial charge is 0.466 e. The molecule has 35 heavy (non-hydrogen) atoms. The fourth-order valence-electron chi connectivity index (χ4n) is 4.45. The van der Waals surface area contributed by atoms with Gasteiger partial charge in [-0.1, -0.05) is 31.5 Å². The van der Waals surface area contributed by atoms with E-state index in [1.807, 2.05) is 53.7 Å². The van der Waals surface area contributed by atoms with Gasteiger partial charge < -0.3 is 14.8 Å². The summed E-state index contributed by atoms with van der Waals surface area (Å²) in [5.74, 6) is 0.0180. The van der Waals surface area contributed by atoms with Crippen LogP contribution in [0.2, 0.25) is 0 Å². The number of unbranched alkanes of at least 4 members (excludes halogenated alkanes) is 1. The van der Waals surface area contributed by atoms with E-state index in [2.05, 4.69) is 17.3 Å². The molecule has 0 radical (unpaired) electrons. The molecule has 0 spiro atoms. The number of carbonyl (C=O) groups excluding carboxylic acids is 2. The van der Waals surface area contributed by atoms with Crippen molar-refractivity contribution >= 4 is 23.8 Å². The smallest absolute Gasteiger partial charge is 0.306 e. The molecule has 2 aromatic carbocycles. The summed E-state index contributed by atoms with van der Waals surface area (Å²) in [4.78, 5) is 25.0. The summed E-state index contributed by atoms with van der Waals surface area (Å²) in [6.45, 7) is 5.60. The minimum atomic E-state index is -0.136. The number of carbonyl (C=O) groups is 2. The van der Waals surface area contributed by atoms with E-state index < -0.39 is 0 Å². The molecule has 1 unspecified atom stereocenters. The number of benzene rings is 2. The fraction of sp³-hybridized carbons (Fsp3) is 0.464. The Kier molecular flexibility index (Phi) is 8.90. The Morgan fingerprint density at radius 3 is 2.71 bits per heavy atom. The molecule has 2 aliphatic rings. The van der Waals surface area contributed by atoms with Crippen LogP contribution in [0.5, 0.6) is 0 Å². The van der Waals surface area contributed by atoms with Crippen molar-refractivity contribution in [3.63, 3.8) is 0 Å². The van der Waals surface area contributed by atoms with E-state index in [1.165, 1.54) is 5.56 Å². The number of nitrogens with one attached hydrogen (secondary N) is 1. The number of fused-ring (bicyclic) bond motifs is 1. The lowest BCUT2D eigenvalue weighted by molar-refractivity contribution is -0.145. The first-order chi connectivity index (χ1) is 17.1. The van der Waals surface area contributed by atoms with Gasteiger partial charge in [-0.15, -0.1) is 0 Å². The van der Waals surface area contributed by atoms with E-state index in [0.29, 0.717) is 31.8 Å². The summed E-state index contributed by atoms with van der Waals surface area (Å²) in [6, 6.07) is 13.6. The van der Waals surface area contributed by atoms with Crippen LogP contribution in [0.3, 0.4) is 0 Å². The number of amides is 1. The number of hydrazone groups is 1. The third-order valence-corrected chi connectivity index (χ3v) is 6.54. The summed E-state index contributed by atoms with van der Waals surface area (Å²) in [7, 11) is 0. The lowest BCUT2D eigenvalue weighted by Gasteiger charge is -2.24. The first kappa shape index (κ1) is 24.9. The molecule has 1 heterocycles. The first-order valence-corrected chi connectivity index (χ1v) is 12.7. The molecule has 1 aliphatic heterocycles. The van der Waals surface area contributed by atoms with Gasteiger partial charge >= 0.3 is 5.97 Å². The van der Waals surface area contributed by atoms with Gasteiger partial charge in [-0.25, -0.2) is 0 Å². The van der Waals surface area contributed by atoms with E-state index in [4.69, 9.17) is 9.47 Å². The zero-order chi connectivity index (χ0) is 24.5. The Morgan fingerprint density at radius 1 is 1.14 bits per heavy atom. The van der Waals surface area contributed by atoms with E-state index in [0.717, 1.165) is 62.0 Å². The number of hydrogen-bond acceptors (Lipinski definition) is 6. The average molecular weight is 478 g/mol. The van der Waals surface area contributed by atoms with Gasteiger partial charge in [-0.3, -0.25) is 14.6 Å². The zero-order valence-electron chi connectivity index (χ0n) is 20.5. The summed E-state index contributed by atoms with van der Waals surface area (Å²) in [6.07, 6.45) is 6.90. The van der Waals surface area contributed by atoms with Crippen LogP contribution in [0.15, 0.2) is 47.6 Å². The van der Waals surface area contributed by atoms with Crippen LogP contribution in [0.25, 0.3) is 0 Å². The monoisotopic (exact) mass is 477 g/mol. The number of esters is 1. The SMILES string of the molecule is CCCCOC(=O)CC1CCc2ccc(C(=O)Nc3ccc(/C=N/N4CCOCC4)cc3)cc2C1. The van der Waals surface area contributed by atoms with Gasteiger partial charge in [-0.05, 0) is 72.6 Å². The highest BCUT2D eigenvalue weighted by Crippen LogP contribution is 2.29. The number of aryl methyl sites for hydroxylation is 1. The van der Waals surface area contributed by atoms with Crippen LogP contribution in [0.1, 0.15) is 59.7 Å². The number of nitrogens with zero attached hydrogens (tertiary/aromatic N) is 2. The molecule has 1 atom stereocenters. The molecule has 0 aromatic heterocycles. The second-order valence-corrected chi connectivity index (χ2v) is 9.26. The van der Waals surface area contributed by atoms with Crippen LogP contribution >= 0.6 is 0 Å². The maximum Gasteiger partial charge on any atom is 0.306 e. The topological polar surface area (TPSA) is 80.2 Å². The Hall–Kier alpha value is -3.19. The molecule has 7 nitrogen and oxygen atoms in total. The molecule has 1 N–H and O–H groups in total. The molecule has 1 saturated heterocycles. The molecular weight excluding hydrogens is 442 g/mol. The molecule has 186 valence electrons. The number of morpholine rings is 1. The van der Waals surface area contributed by atoms with Crippen LogP contribution < -0.4 is 5.32 Å². The second-order valence-electron chi connectivity index (χ2n) is 9.26. The van der Waals surface area contributed by atoms with Crippen molar-refractivity contribution in [2.75, 3.05) is 38.2 Å². The van der Waals surface area contributed by atoms with Crippen LogP contribution in [-0.4, -0.2) is 56.0 Å². The highest BCUT2D eigenvalue weighted by atomic mass is 16.5. The van der Waals surface area contributed by atoms with Gasteiger partial charge in [0.2, 0.25) is 0 Å². The van der Waals surface area contributed by atoms with E-state index in [-0.39, 0.29) is 17.8 Å². The van der Waals surface area contributed by atoms with Crippen molar-refractivity contribution in [3.8, 4) is 0 Å². The molecule has 0 bridgehead atoms. The van der Waals surface area contributed by atoms with E-state index >= 15 is 0 Å². The van der Waals surface area contributed by atoms with Crippen molar-refractivity contribution in [2.45, 2.75) is 45.4 Å². The van der Waals surface area contributed by atoms with Gasteiger partial charge in [-0.2, -0.15) is 5.10 Å². The predicted molar refractivity (Wildman–Crippen MR) is 137 cm³/mol. The molecular formula is C28H35N3O4. The van der Waals surface area contributed by atoms with Crippen molar-refractivity contribution in [1.29, 1.82) is 0 Å². The van der Waals surface area contributed by atoms with Gasteiger partial charge in [0.1, 0.15) is 0 Å². The standard InChI is InChI=1S/C28H35N3O4/c1-2-3-14-35-27(32)18-22-4-7-23-8-9-24(19-25(23)17-22)28(33)30-26-10-5-21(6-11-26)20-29-31-12-15-34-16-13-31/h5-6,8-11,19-20,22H,2-4,7,12-18H2,1H3,(H,30,33)/b29-20+. The molecule has 1 aliphatic carbocycles. The molecule has 1 amide bonds. The summed E-state index contributed by atoms with van der Waals surface area (Å²) in [5, 5.41) is 9.47. The maximum absolute atomic E-state index is 12.9. The Labute approximate surface area is 207 Å². The third kappa shape index (κ3) is 7.39. The van der Waals surface area contributed by atoms with Crippen molar-refractivity contribution in [2.24, 2.45) is 11.0 Å². The lowest BCUT2D eigenvalue weighted by atomic mass is 9.81.